The summed E-state index contributed by atoms with van der Waals surface area (Å²) in [5, 5.41) is 2.40. The Bertz CT molecular complexity index is 1320. The van der Waals surface area contributed by atoms with Gasteiger partial charge < -0.3 is 19.8 Å². The van der Waals surface area contributed by atoms with Crippen molar-refractivity contribution in [1.29, 1.82) is 0 Å². The number of ether oxygens (including phenoxy) is 2. The van der Waals surface area contributed by atoms with Crippen LogP contribution in [0.15, 0.2) is 59.8 Å². The molecule has 0 spiro atoms. The molecule has 192 valence electrons. The summed E-state index contributed by atoms with van der Waals surface area (Å²) in [6.45, 7) is 0. The molecule has 0 fully saturated rings. The molecule has 3 aromatic carbocycles. The number of aromatic nitrogens is 2. The van der Waals surface area contributed by atoms with E-state index < -0.39 is 34.9 Å². The Hall–Kier alpha value is -3.99. The molecule has 0 saturated heterocycles. The maximum Gasteiger partial charge on any atom is 0.225 e. The molecule has 11 heteroatoms. The van der Waals surface area contributed by atoms with Crippen LogP contribution in [0.3, 0.4) is 0 Å². The predicted molar refractivity (Wildman–Crippen MR) is 133 cm³/mol. The van der Waals surface area contributed by atoms with Gasteiger partial charge in [-0.15, -0.1) is 0 Å². The second-order valence-electron chi connectivity index (χ2n) is 7.71. The molecule has 4 aromatic rings. The van der Waals surface area contributed by atoms with Crippen LogP contribution < -0.4 is 14.8 Å². The highest BCUT2D eigenvalue weighted by Gasteiger charge is 2.21. The minimum absolute atomic E-state index is 0.0773. The van der Waals surface area contributed by atoms with Gasteiger partial charge in [0.2, 0.25) is 5.91 Å². The number of carbonyl (C=O) groups excluding carboxylic acids is 1. The number of nitrogens with zero attached hydrogens (tertiary/aromatic N) is 1. The van der Waals surface area contributed by atoms with Gasteiger partial charge in [0.05, 0.1) is 25.6 Å². The first kappa shape index (κ1) is 26.1. The highest BCUT2D eigenvalue weighted by Crippen LogP contribution is 2.34. The first-order valence-electron chi connectivity index (χ1n) is 10.9. The molecule has 0 aliphatic carbocycles. The van der Waals surface area contributed by atoms with Crippen LogP contribution in [0.4, 0.5) is 23.2 Å². The molecule has 0 aliphatic rings. The number of thioether (sulfide) groups is 1. The molecule has 0 radical (unpaired) electrons. The Kier molecular flexibility index (Phi) is 8.02. The van der Waals surface area contributed by atoms with Crippen molar-refractivity contribution in [3.8, 4) is 34.0 Å². The lowest BCUT2D eigenvalue weighted by atomic mass is 10.0. The van der Waals surface area contributed by atoms with Crippen molar-refractivity contribution in [3.05, 3.63) is 77.9 Å². The number of amides is 1. The summed E-state index contributed by atoms with van der Waals surface area (Å²) in [6.07, 6.45) is -0.196. The summed E-state index contributed by atoms with van der Waals surface area (Å²) in [4.78, 5) is 20.1. The number of anilines is 1. The maximum atomic E-state index is 13.8. The topological polar surface area (TPSA) is 76.2 Å². The van der Waals surface area contributed by atoms with Gasteiger partial charge in [0, 0.05) is 29.4 Å². The van der Waals surface area contributed by atoms with Crippen molar-refractivity contribution in [2.24, 2.45) is 0 Å². The molecule has 4 rings (SSSR count). The zero-order valence-corrected chi connectivity index (χ0v) is 20.5. The molecule has 6 nitrogen and oxygen atoms in total. The normalized spacial score (nSPS) is 10.9. The lowest BCUT2D eigenvalue weighted by Crippen LogP contribution is -2.16. The Labute approximate surface area is 214 Å². The number of methoxy groups -OCH3 is 2. The van der Waals surface area contributed by atoms with Gasteiger partial charge in [0.1, 0.15) is 17.2 Å². The lowest BCUT2D eigenvalue weighted by molar-refractivity contribution is -0.115. The molecule has 1 heterocycles. The number of hydrogen-bond acceptors (Lipinski definition) is 5. The second-order valence-corrected chi connectivity index (χ2v) is 8.80. The summed E-state index contributed by atoms with van der Waals surface area (Å²) in [6, 6.07) is 14.8. The quantitative estimate of drug-likeness (QED) is 0.148. The van der Waals surface area contributed by atoms with Crippen LogP contribution >= 0.6 is 11.8 Å². The van der Waals surface area contributed by atoms with Gasteiger partial charge in [0.15, 0.2) is 28.4 Å². The number of rotatable bonds is 9. The summed E-state index contributed by atoms with van der Waals surface area (Å²) in [7, 11) is 3.15. The van der Waals surface area contributed by atoms with E-state index in [1.165, 1.54) is 11.8 Å². The number of aromatic amines is 1. The van der Waals surface area contributed by atoms with E-state index in [9.17, 15) is 22.4 Å². The first-order valence-corrected chi connectivity index (χ1v) is 11.9. The van der Waals surface area contributed by atoms with Crippen molar-refractivity contribution in [3.63, 3.8) is 0 Å². The molecular formula is C26H21F4N3O3S. The largest absolute Gasteiger partial charge is 0.497 e. The van der Waals surface area contributed by atoms with Gasteiger partial charge in [-0.1, -0.05) is 11.8 Å². The van der Waals surface area contributed by atoms with E-state index in [1.54, 1.807) is 14.2 Å². The molecule has 2 N–H and O–H groups in total. The maximum absolute atomic E-state index is 13.8. The number of carbonyl (C=O) groups is 1. The molecule has 1 aromatic heterocycles. The lowest BCUT2D eigenvalue weighted by Gasteiger charge is -2.08. The van der Waals surface area contributed by atoms with Crippen LogP contribution in [-0.2, 0) is 4.79 Å². The highest BCUT2D eigenvalue weighted by atomic mass is 32.2. The molecule has 0 unspecified atom stereocenters. The Balaban J connectivity index is 1.51. The molecule has 37 heavy (non-hydrogen) atoms. The Morgan fingerprint density at radius 1 is 0.892 bits per heavy atom. The van der Waals surface area contributed by atoms with E-state index in [1.807, 2.05) is 53.8 Å². The summed E-state index contributed by atoms with van der Waals surface area (Å²) >= 11 is 1.20. The average molecular weight is 532 g/mol. The van der Waals surface area contributed by atoms with Gasteiger partial charge in [0.25, 0.3) is 0 Å². The summed E-state index contributed by atoms with van der Waals surface area (Å²) in [5.41, 5.74) is 1.92. The molecule has 1 amide bonds. The van der Waals surface area contributed by atoms with Crippen molar-refractivity contribution in [2.45, 2.75) is 11.6 Å². The fraction of sp³-hybridized carbons (Fsp3) is 0.154. The van der Waals surface area contributed by atoms with Gasteiger partial charge in [-0.3, -0.25) is 4.79 Å². The van der Waals surface area contributed by atoms with Crippen LogP contribution in [0, 0.1) is 23.3 Å². The average Bonchev–Trinajstić information content (AvgIpc) is 3.34. The van der Waals surface area contributed by atoms with E-state index in [4.69, 9.17) is 9.47 Å². The Morgan fingerprint density at radius 3 is 1.97 bits per heavy atom. The third kappa shape index (κ3) is 5.88. The minimum atomic E-state index is -1.67. The molecular weight excluding hydrogens is 510 g/mol. The molecule has 0 aliphatic heterocycles. The number of hydrogen-bond donors (Lipinski definition) is 2. The van der Waals surface area contributed by atoms with Gasteiger partial charge in [-0.05, 0) is 48.5 Å². The van der Waals surface area contributed by atoms with Crippen LogP contribution in [0.1, 0.15) is 6.42 Å². The zero-order valence-electron chi connectivity index (χ0n) is 19.7. The number of nitrogens with one attached hydrogen (secondary N) is 2. The number of halogens is 4. The van der Waals surface area contributed by atoms with E-state index in [0.29, 0.717) is 22.3 Å². The van der Waals surface area contributed by atoms with Gasteiger partial charge in [-0.25, -0.2) is 22.5 Å². The highest BCUT2D eigenvalue weighted by molar-refractivity contribution is 7.99. The fourth-order valence-electron chi connectivity index (χ4n) is 3.47. The molecule has 0 bridgehead atoms. The third-order valence-electron chi connectivity index (χ3n) is 5.37. The second kappa shape index (κ2) is 11.4. The molecule has 0 saturated carbocycles. The van der Waals surface area contributed by atoms with Gasteiger partial charge >= 0.3 is 0 Å². The van der Waals surface area contributed by atoms with Crippen molar-refractivity contribution in [2.75, 3.05) is 25.3 Å². The first-order chi connectivity index (χ1) is 17.8. The van der Waals surface area contributed by atoms with E-state index >= 15 is 0 Å². The third-order valence-corrected chi connectivity index (χ3v) is 6.24. The Morgan fingerprint density at radius 2 is 1.43 bits per heavy atom. The predicted octanol–water partition coefficient (Wildman–Crippen LogP) is 6.44. The van der Waals surface area contributed by atoms with Crippen molar-refractivity contribution >= 4 is 23.4 Å². The number of benzene rings is 3. The van der Waals surface area contributed by atoms with Crippen LogP contribution in [0.2, 0.25) is 0 Å². The van der Waals surface area contributed by atoms with E-state index in [-0.39, 0.29) is 18.2 Å². The van der Waals surface area contributed by atoms with Crippen molar-refractivity contribution in [1.82, 2.24) is 9.97 Å². The van der Waals surface area contributed by atoms with Crippen LogP contribution in [-0.4, -0.2) is 35.8 Å². The number of H-pyrrole nitrogens is 1. The van der Waals surface area contributed by atoms with Crippen molar-refractivity contribution < 1.29 is 31.8 Å². The minimum Gasteiger partial charge on any atom is -0.497 e. The summed E-state index contributed by atoms with van der Waals surface area (Å²) in [5.74, 6) is -5.79. The van der Waals surface area contributed by atoms with Gasteiger partial charge in [-0.2, -0.15) is 0 Å². The summed E-state index contributed by atoms with van der Waals surface area (Å²) < 4.78 is 64.9. The van der Waals surface area contributed by atoms with E-state index in [2.05, 4.69) is 9.97 Å². The zero-order chi connectivity index (χ0) is 26.5. The SMILES string of the molecule is COc1ccc(-c2nc(SCCC(=O)Nc3c(F)c(F)cc(F)c3F)[nH]c2-c2ccc(OC)cc2)cc1. The smallest absolute Gasteiger partial charge is 0.225 e. The standard InChI is InChI=1S/C26H21F4N3O3S/c1-35-16-7-3-14(4-8-16)23-24(15-5-9-17(36-2)10-6-15)33-26(32-23)37-12-11-20(34)31-25-21(29)18(27)13-19(28)22(25)30/h3-10,13H,11-12H2,1-2H3,(H,31,34)(H,32,33). The number of imidazole rings is 1. The van der Waals surface area contributed by atoms with Crippen LogP contribution in [0.25, 0.3) is 22.5 Å². The monoisotopic (exact) mass is 531 g/mol. The molecule has 0 atom stereocenters. The fourth-order valence-corrected chi connectivity index (χ4v) is 4.28. The van der Waals surface area contributed by atoms with E-state index in [0.717, 1.165) is 16.8 Å². The van der Waals surface area contributed by atoms with Crippen LogP contribution in [0.5, 0.6) is 11.5 Å².